The van der Waals surface area contributed by atoms with E-state index in [-0.39, 0.29) is 54.9 Å². The molecule has 4 rings (SSSR count). The molecule has 0 aliphatic carbocycles. The Morgan fingerprint density at radius 2 is 1.17 bits per heavy atom. The highest BCUT2D eigenvalue weighted by molar-refractivity contribution is 5.91. The number of carbonyl (C=O) groups is 2. The maximum atomic E-state index is 13.2. The molecule has 1 saturated heterocycles. The van der Waals surface area contributed by atoms with E-state index in [1.807, 2.05) is 0 Å². The number of aliphatic hydroxyl groups excluding tert-OH is 3. The number of hydrogen-bond acceptors (Lipinski definition) is 18. The molecule has 0 amide bonds. The molecule has 0 saturated carbocycles. The summed E-state index contributed by atoms with van der Waals surface area (Å²) in [4.78, 5) is 36.3. The lowest BCUT2D eigenvalue weighted by Gasteiger charge is -2.20. The molecule has 3 aromatic rings. The van der Waals surface area contributed by atoms with Gasteiger partial charge in [0.1, 0.15) is 37.6 Å². The number of esters is 2. The lowest BCUT2D eigenvalue weighted by Crippen LogP contribution is -2.35. The first kappa shape index (κ1) is 46.3. The Kier molecular flexibility index (Phi) is 18.7. The zero-order valence-corrected chi connectivity index (χ0v) is 33.5. The number of benzene rings is 3. The summed E-state index contributed by atoms with van der Waals surface area (Å²) in [5.74, 6) is 0.244. The first-order valence-corrected chi connectivity index (χ1v) is 18.9. The van der Waals surface area contributed by atoms with Gasteiger partial charge in [-0.15, -0.1) is 0 Å². The average Bonchev–Trinajstić information content (AvgIpc) is 3.53. The molecule has 0 radical (unpaired) electrons. The van der Waals surface area contributed by atoms with Gasteiger partial charge in [0.2, 0.25) is 11.5 Å². The maximum Gasteiger partial charge on any atom is 0.338 e. The van der Waals surface area contributed by atoms with Crippen LogP contribution in [0.3, 0.4) is 0 Å². The van der Waals surface area contributed by atoms with Gasteiger partial charge in [0.05, 0.1) is 64.3 Å². The normalized spacial score (nSPS) is 17.2. The zero-order chi connectivity index (χ0) is 42.7. The summed E-state index contributed by atoms with van der Waals surface area (Å²) in [5, 5.41) is 47.6. The highest BCUT2D eigenvalue weighted by Gasteiger charge is 2.42. The Hall–Kier alpha value is -5.44. The minimum Gasteiger partial charge on any atom is -0.493 e. The largest absolute Gasteiger partial charge is 0.493 e. The number of rotatable bonds is 26. The molecular formula is C40H53N3O16. The molecule has 3 aromatic carbocycles. The molecule has 1 aliphatic rings. The van der Waals surface area contributed by atoms with Gasteiger partial charge in [-0.25, -0.2) is 9.59 Å². The molecule has 19 heteroatoms. The van der Waals surface area contributed by atoms with Gasteiger partial charge in [0.25, 0.3) is 5.69 Å². The molecule has 5 N–H and O–H groups in total. The van der Waals surface area contributed by atoms with Crippen LogP contribution >= 0.6 is 0 Å². The molecular weight excluding hydrogens is 778 g/mol. The van der Waals surface area contributed by atoms with E-state index in [0.717, 1.165) is 19.5 Å². The fourth-order valence-electron chi connectivity index (χ4n) is 5.95. The van der Waals surface area contributed by atoms with Crippen molar-refractivity contribution in [3.63, 3.8) is 0 Å². The van der Waals surface area contributed by atoms with Gasteiger partial charge in [-0.1, -0.05) is 0 Å². The van der Waals surface area contributed by atoms with E-state index < -0.39 is 47.9 Å². The second-order valence-corrected chi connectivity index (χ2v) is 13.2. The fraction of sp³-hybridized carbons (Fsp3) is 0.500. The van der Waals surface area contributed by atoms with Gasteiger partial charge in [0.15, 0.2) is 23.0 Å². The van der Waals surface area contributed by atoms with Crippen LogP contribution in [0.5, 0.6) is 34.5 Å². The SMILES string of the molecule is COc1cc(C(=O)OCCCNCCCNCCCOC(=O)c2cc(OCc3ccc([N+](=O)[O-])cc3)c(OC)c(OC[C@@H]3O[C@H](CO)[C@@H](O)[C@H]3O)c2)cc(OC)c1OC. The van der Waals surface area contributed by atoms with E-state index in [0.29, 0.717) is 54.3 Å². The Bertz CT molecular complexity index is 1790. The molecule has 0 bridgehead atoms. The topological polar surface area (TPSA) is 245 Å². The third-order valence-corrected chi connectivity index (χ3v) is 9.12. The van der Waals surface area contributed by atoms with Crippen molar-refractivity contribution in [2.24, 2.45) is 0 Å². The Labute approximate surface area is 341 Å². The number of non-ortho nitro benzene ring substituents is 1. The monoisotopic (exact) mass is 831 g/mol. The van der Waals surface area contributed by atoms with Gasteiger partial charge in [-0.05, 0) is 87.4 Å². The van der Waals surface area contributed by atoms with Crippen molar-refractivity contribution in [3.8, 4) is 34.5 Å². The molecule has 0 unspecified atom stereocenters. The molecule has 1 fully saturated rings. The van der Waals surface area contributed by atoms with Gasteiger partial charge in [0, 0.05) is 12.1 Å². The molecule has 59 heavy (non-hydrogen) atoms. The van der Waals surface area contributed by atoms with Crippen LogP contribution < -0.4 is 39.1 Å². The lowest BCUT2D eigenvalue weighted by molar-refractivity contribution is -0.384. The van der Waals surface area contributed by atoms with E-state index in [1.165, 1.54) is 77.0 Å². The minimum absolute atomic E-state index is 0.0320. The van der Waals surface area contributed by atoms with Crippen molar-refractivity contribution in [2.75, 3.05) is 81.0 Å². The smallest absolute Gasteiger partial charge is 0.338 e. The van der Waals surface area contributed by atoms with Gasteiger partial charge in [-0.3, -0.25) is 10.1 Å². The number of nitrogens with zero attached hydrogens (tertiary/aromatic N) is 1. The van der Waals surface area contributed by atoms with E-state index in [2.05, 4.69) is 10.6 Å². The van der Waals surface area contributed by atoms with Crippen molar-refractivity contribution in [3.05, 3.63) is 75.3 Å². The highest BCUT2D eigenvalue weighted by atomic mass is 16.6. The van der Waals surface area contributed by atoms with E-state index >= 15 is 0 Å². The predicted molar refractivity (Wildman–Crippen MR) is 210 cm³/mol. The summed E-state index contributed by atoms with van der Waals surface area (Å²) in [5.41, 5.74) is 0.898. The Morgan fingerprint density at radius 1 is 0.695 bits per heavy atom. The molecule has 19 nitrogen and oxygen atoms in total. The number of hydrogen-bond donors (Lipinski definition) is 5. The molecule has 324 valence electrons. The number of ether oxygens (including phenoxy) is 9. The number of nitro groups is 1. The molecule has 4 atom stereocenters. The van der Waals surface area contributed by atoms with Crippen LogP contribution in [0.2, 0.25) is 0 Å². The number of nitro benzene ring substituents is 1. The summed E-state index contributed by atoms with van der Waals surface area (Å²) in [7, 11) is 5.80. The molecule has 0 aromatic heterocycles. The molecule has 0 spiro atoms. The van der Waals surface area contributed by atoms with Gasteiger partial charge >= 0.3 is 11.9 Å². The summed E-state index contributed by atoms with van der Waals surface area (Å²) in [6, 6.07) is 11.7. The third kappa shape index (κ3) is 13.3. The summed E-state index contributed by atoms with van der Waals surface area (Å²) in [6.07, 6.45) is -2.64. The predicted octanol–water partition coefficient (Wildman–Crippen LogP) is 2.43. The lowest BCUT2D eigenvalue weighted by atomic mass is 10.1. The maximum absolute atomic E-state index is 13.2. The van der Waals surface area contributed by atoms with Crippen LogP contribution in [0.1, 0.15) is 45.5 Å². The first-order valence-electron chi connectivity index (χ1n) is 18.9. The summed E-state index contributed by atoms with van der Waals surface area (Å²) in [6.45, 7) is 2.26. The standard InChI is InChI=1S/C40H53N3O16/c1-51-29-18-26(19-30(52-2)37(29)53-3)39(47)55-16-6-14-41-12-5-13-42-15-7-17-56-40(48)27-20-31(57-23-25-8-10-28(11-9-25)43(49)50)38(54-4)32(21-27)58-24-34-36(46)35(45)33(22-44)59-34/h8-11,18-21,33-36,41-42,44-46H,5-7,12-17,22-24H2,1-4H3/t33-,34+,35-,36+/m1/s1. The summed E-state index contributed by atoms with van der Waals surface area (Å²) < 4.78 is 49.7. The van der Waals surface area contributed by atoms with Crippen LogP contribution in [0.4, 0.5) is 5.69 Å². The van der Waals surface area contributed by atoms with Crippen LogP contribution in [-0.2, 0) is 20.8 Å². The van der Waals surface area contributed by atoms with Crippen molar-refractivity contribution in [1.29, 1.82) is 0 Å². The second kappa shape index (κ2) is 23.8. The number of carbonyl (C=O) groups excluding carboxylic acids is 2. The fourth-order valence-corrected chi connectivity index (χ4v) is 5.95. The average molecular weight is 832 g/mol. The van der Waals surface area contributed by atoms with Crippen LogP contribution in [0, 0.1) is 10.1 Å². The van der Waals surface area contributed by atoms with Crippen LogP contribution in [0.25, 0.3) is 0 Å². The van der Waals surface area contributed by atoms with Crippen LogP contribution in [0.15, 0.2) is 48.5 Å². The highest BCUT2D eigenvalue weighted by Crippen LogP contribution is 2.40. The van der Waals surface area contributed by atoms with Gasteiger partial charge < -0.3 is 68.6 Å². The number of nitrogens with one attached hydrogen (secondary N) is 2. The van der Waals surface area contributed by atoms with Crippen molar-refractivity contribution >= 4 is 17.6 Å². The first-order chi connectivity index (χ1) is 28.5. The van der Waals surface area contributed by atoms with E-state index in [4.69, 9.17) is 42.6 Å². The van der Waals surface area contributed by atoms with E-state index in [1.54, 1.807) is 0 Å². The minimum atomic E-state index is -1.33. The van der Waals surface area contributed by atoms with Crippen molar-refractivity contribution in [1.82, 2.24) is 10.6 Å². The van der Waals surface area contributed by atoms with Crippen molar-refractivity contribution < 1.29 is 72.5 Å². The number of aliphatic hydroxyl groups is 3. The zero-order valence-electron chi connectivity index (χ0n) is 33.5. The Morgan fingerprint density at radius 3 is 1.64 bits per heavy atom. The van der Waals surface area contributed by atoms with E-state index in [9.17, 15) is 35.0 Å². The Balaban J connectivity index is 1.19. The van der Waals surface area contributed by atoms with Gasteiger partial charge in [-0.2, -0.15) is 0 Å². The van der Waals surface area contributed by atoms with Crippen LogP contribution in [-0.4, -0.2) is 138 Å². The number of methoxy groups -OCH3 is 4. The van der Waals surface area contributed by atoms with Crippen molar-refractivity contribution in [2.45, 2.75) is 50.3 Å². The molecule has 1 heterocycles. The molecule has 1 aliphatic heterocycles. The third-order valence-electron chi connectivity index (χ3n) is 9.12. The second-order valence-electron chi connectivity index (χ2n) is 13.2. The summed E-state index contributed by atoms with van der Waals surface area (Å²) >= 11 is 0. The quantitative estimate of drug-likeness (QED) is 0.0337.